The molecule has 190 valence electrons. The summed E-state index contributed by atoms with van der Waals surface area (Å²) in [5.74, 6) is 1.76. The average Bonchev–Trinajstić information content (AvgIpc) is 2.84. The second-order valence-electron chi connectivity index (χ2n) is 10.6. The molecular formula is C32H40N2O2. The summed E-state index contributed by atoms with van der Waals surface area (Å²) in [6, 6.07) is 15.8. The molecule has 0 aliphatic carbocycles. The molecule has 3 rings (SSSR count). The van der Waals surface area contributed by atoms with E-state index >= 15 is 0 Å². The van der Waals surface area contributed by atoms with Crippen molar-refractivity contribution in [3.8, 4) is 11.5 Å². The standard InChI is InChI=1S/C32H40N2O2/c1-21(2)11-13-25-15-23(5)31(35)27(17-25)19-33-29-9-7-8-10-30(29)34-20-28-18-26(14-12-22(3)4)16-24(6)32(28)36/h7-10,15-22,35-36H,11-14H2,1-6H3. The molecule has 0 bridgehead atoms. The molecule has 4 heteroatoms. The minimum atomic E-state index is 0.256. The third kappa shape index (κ3) is 7.55. The van der Waals surface area contributed by atoms with Gasteiger partial charge in [0.25, 0.3) is 0 Å². The summed E-state index contributed by atoms with van der Waals surface area (Å²) in [6.07, 6.45) is 7.57. The Morgan fingerprint density at radius 3 is 1.42 bits per heavy atom. The molecule has 0 atom stereocenters. The maximum absolute atomic E-state index is 10.6. The highest BCUT2D eigenvalue weighted by atomic mass is 16.3. The fraction of sp³-hybridized carbons (Fsp3) is 0.375. The van der Waals surface area contributed by atoms with Crippen LogP contribution in [0.3, 0.4) is 0 Å². The Hall–Kier alpha value is -3.40. The second kappa shape index (κ2) is 12.5. The van der Waals surface area contributed by atoms with Gasteiger partial charge in [-0.05, 0) is 97.9 Å². The predicted octanol–water partition coefficient (Wildman–Crippen LogP) is 8.39. The van der Waals surface area contributed by atoms with Crippen molar-refractivity contribution in [2.75, 3.05) is 0 Å². The average molecular weight is 485 g/mol. The molecule has 0 unspecified atom stereocenters. The van der Waals surface area contributed by atoms with Crippen LogP contribution in [-0.4, -0.2) is 22.6 Å². The highest BCUT2D eigenvalue weighted by Crippen LogP contribution is 2.30. The molecule has 0 spiro atoms. The highest BCUT2D eigenvalue weighted by molar-refractivity contribution is 5.90. The van der Waals surface area contributed by atoms with Crippen LogP contribution in [0.1, 0.15) is 73.9 Å². The van der Waals surface area contributed by atoms with E-state index in [1.807, 2.05) is 50.2 Å². The number of hydrogen-bond donors (Lipinski definition) is 2. The van der Waals surface area contributed by atoms with E-state index in [0.717, 1.165) is 36.8 Å². The topological polar surface area (TPSA) is 65.2 Å². The molecule has 2 N–H and O–H groups in total. The Balaban J connectivity index is 1.88. The zero-order chi connectivity index (χ0) is 26.2. The van der Waals surface area contributed by atoms with Crippen LogP contribution in [0.25, 0.3) is 0 Å². The first-order chi connectivity index (χ1) is 17.1. The van der Waals surface area contributed by atoms with E-state index < -0.39 is 0 Å². The largest absolute Gasteiger partial charge is 0.507 e. The molecule has 0 aromatic heterocycles. The molecular weight excluding hydrogens is 444 g/mol. The fourth-order valence-corrected chi connectivity index (χ4v) is 4.12. The number of nitrogens with zero attached hydrogens (tertiary/aromatic N) is 2. The number of phenols is 2. The van der Waals surface area contributed by atoms with Crippen LogP contribution in [0.4, 0.5) is 11.4 Å². The zero-order valence-corrected chi connectivity index (χ0v) is 22.5. The van der Waals surface area contributed by atoms with Gasteiger partial charge in [-0.15, -0.1) is 0 Å². The fourth-order valence-electron chi connectivity index (χ4n) is 4.12. The van der Waals surface area contributed by atoms with Crippen LogP contribution in [0.5, 0.6) is 11.5 Å². The summed E-state index contributed by atoms with van der Waals surface area (Å²) in [5, 5.41) is 21.2. The first-order valence-corrected chi connectivity index (χ1v) is 13.0. The molecule has 0 heterocycles. The summed E-state index contributed by atoms with van der Waals surface area (Å²) >= 11 is 0. The monoisotopic (exact) mass is 484 g/mol. The van der Waals surface area contributed by atoms with Gasteiger partial charge in [0.1, 0.15) is 11.5 Å². The van der Waals surface area contributed by atoms with E-state index in [1.54, 1.807) is 12.4 Å². The number of rotatable bonds is 10. The molecule has 0 saturated heterocycles. The normalized spacial score (nSPS) is 12.0. The van der Waals surface area contributed by atoms with Gasteiger partial charge in [-0.1, -0.05) is 52.0 Å². The van der Waals surface area contributed by atoms with Crippen molar-refractivity contribution in [2.45, 2.75) is 67.2 Å². The van der Waals surface area contributed by atoms with Gasteiger partial charge in [-0.25, -0.2) is 0 Å². The maximum Gasteiger partial charge on any atom is 0.127 e. The van der Waals surface area contributed by atoms with E-state index in [9.17, 15) is 10.2 Å². The molecule has 0 aliphatic heterocycles. The van der Waals surface area contributed by atoms with E-state index in [1.165, 1.54) is 11.1 Å². The van der Waals surface area contributed by atoms with Crippen molar-refractivity contribution >= 4 is 23.8 Å². The predicted molar refractivity (Wildman–Crippen MR) is 153 cm³/mol. The SMILES string of the molecule is Cc1cc(CCC(C)C)cc(C=Nc2ccccc2N=Cc2cc(CCC(C)C)cc(C)c2O)c1O. The Bertz CT molecular complexity index is 1140. The summed E-state index contributed by atoms with van der Waals surface area (Å²) in [7, 11) is 0. The maximum atomic E-state index is 10.6. The van der Waals surface area contributed by atoms with Crippen molar-refractivity contribution in [1.82, 2.24) is 0 Å². The van der Waals surface area contributed by atoms with Gasteiger partial charge in [0, 0.05) is 23.6 Å². The number of benzene rings is 3. The molecule has 4 nitrogen and oxygen atoms in total. The summed E-state index contributed by atoms with van der Waals surface area (Å²) in [5.41, 5.74) is 6.93. The van der Waals surface area contributed by atoms with Gasteiger partial charge in [-0.3, -0.25) is 9.98 Å². The van der Waals surface area contributed by atoms with Crippen molar-refractivity contribution in [2.24, 2.45) is 21.8 Å². The number of aromatic hydroxyl groups is 2. The van der Waals surface area contributed by atoms with Gasteiger partial charge >= 0.3 is 0 Å². The summed E-state index contributed by atoms with van der Waals surface area (Å²) in [4.78, 5) is 9.34. The summed E-state index contributed by atoms with van der Waals surface area (Å²) in [6.45, 7) is 12.7. The molecule has 0 fully saturated rings. The number of aliphatic imine (C=N–C) groups is 2. The first-order valence-electron chi connectivity index (χ1n) is 13.0. The number of hydrogen-bond acceptors (Lipinski definition) is 4. The number of phenolic OH excluding ortho intramolecular Hbond substituents is 2. The lowest BCUT2D eigenvalue weighted by Crippen LogP contribution is -1.96. The number of aryl methyl sites for hydroxylation is 4. The molecule has 0 radical (unpaired) electrons. The third-order valence-electron chi connectivity index (χ3n) is 6.37. The quantitative estimate of drug-likeness (QED) is 0.284. The van der Waals surface area contributed by atoms with E-state index in [4.69, 9.17) is 0 Å². The smallest absolute Gasteiger partial charge is 0.127 e. The Labute approximate surface area is 216 Å². The van der Waals surface area contributed by atoms with Crippen LogP contribution in [-0.2, 0) is 12.8 Å². The van der Waals surface area contributed by atoms with Gasteiger partial charge < -0.3 is 10.2 Å². The zero-order valence-electron chi connectivity index (χ0n) is 22.5. The van der Waals surface area contributed by atoms with Crippen molar-refractivity contribution in [1.29, 1.82) is 0 Å². The Kier molecular flexibility index (Phi) is 9.46. The minimum Gasteiger partial charge on any atom is -0.507 e. The van der Waals surface area contributed by atoms with Crippen molar-refractivity contribution in [3.63, 3.8) is 0 Å². The molecule has 0 aliphatic rings. The van der Waals surface area contributed by atoms with E-state index in [-0.39, 0.29) is 11.5 Å². The molecule has 0 amide bonds. The van der Waals surface area contributed by atoms with Crippen molar-refractivity contribution in [3.05, 3.63) is 81.9 Å². The third-order valence-corrected chi connectivity index (χ3v) is 6.37. The molecule has 0 saturated carbocycles. The van der Waals surface area contributed by atoms with Crippen molar-refractivity contribution < 1.29 is 10.2 Å². The van der Waals surface area contributed by atoms with Gasteiger partial charge in [0.15, 0.2) is 0 Å². The molecule has 3 aromatic rings. The Morgan fingerprint density at radius 1 is 0.667 bits per heavy atom. The van der Waals surface area contributed by atoms with E-state index in [2.05, 4.69) is 49.8 Å². The lowest BCUT2D eigenvalue weighted by molar-refractivity contribution is 0.469. The second-order valence-corrected chi connectivity index (χ2v) is 10.6. The Morgan fingerprint density at radius 2 is 1.06 bits per heavy atom. The molecule has 36 heavy (non-hydrogen) atoms. The van der Waals surface area contributed by atoms with Crippen LogP contribution < -0.4 is 0 Å². The van der Waals surface area contributed by atoms with Crippen LogP contribution in [0.2, 0.25) is 0 Å². The number of para-hydroxylation sites is 2. The van der Waals surface area contributed by atoms with Crippen LogP contribution in [0, 0.1) is 25.7 Å². The summed E-state index contributed by atoms with van der Waals surface area (Å²) < 4.78 is 0. The lowest BCUT2D eigenvalue weighted by Gasteiger charge is -2.10. The van der Waals surface area contributed by atoms with Gasteiger partial charge in [0.05, 0.1) is 11.4 Å². The first kappa shape index (κ1) is 27.2. The van der Waals surface area contributed by atoms with Crippen LogP contribution in [0.15, 0.2) is 58.5 Å². The van der Waals surface area contributed by atoms with Gasteiger partial charge in [0.2, 0.25) is 0 Å². The van der Waals surface area contributed by atoms with Crippen LogP contribution >= 0.6 is 0 Å². The highest BCUT2D eigenvalue weighted by Gasteiger charge is 2.09. The minimum absolute atomic E-state index is 0.256. The van der Waals surface area contributed by atoms with E-state index in [0.29, 0.717) is 34.3 Å². The van der Waals surface area contributed by atoms with Gasteiger partial charge in [-0.2, -0.15) is 0 Å². The molecule has 3 aromatic carbocycles. The lowest BCUT2D eigenvalue weighted by atomic mass is 9.98.